The molecule has 9 heteroatoms. The van der Waals surface area contributed by atoms with E-state index in [-0.39, 0.29) is 11.6 Å². The first kappa shape index (κ1) is 12.9. The molecule has 2 aliphatic heterocycles. The zero-order chi connectivity index (χ0) is 14.4. The molecular formula is C11H10N4O4S. The Hall–Kier alpha value is -2.13. The van der Waals surface area contributed by atoms with Crippen LogP contribution in [0.4, 0.5) is 0 Å². The zero-order valence-corrected chi connectivity index (χ0v) is 11.1. The van der Waals surface area contributed by atoms with Crippen molar-refractivity contribution in [1.29, 1.82) is 0 Å². The van der Waals surface area contributed by atoms with Crippen LogP contribution in [0.3, 0.4) is 0 Å². The lowest BCUT2D eigenvalue weighted by molar-refractivity contribution is -0.141. The summed E-state index contributed by atoms with van der Waals surface area (Å²) in [5, 5.41) is 27.9. The molecule has 1 aromatic heterocycles. The lowest BCUT2D eigenvalue weighted by Crippen LogP contribution is -2.51. The number of amides is 1. The summed E-state index contributed by atoms with van der Waals surface area (Å²) in [6, 6.07) is 0. The Labute approximate surface area is 117 Å². The van der Waals surface area contributed by atoms with Gasteiger partial charge in [-0.3, -0.25) is 14.8 Å². The van der Waals surface area contributed by atoms with E-state index >= 15 is 0 Å². The van der Waals surface area contributed by atoms with Crippen LogP contribution >= 0.6 is 11.8 Å². The number of fused-ring (bicyclic) bond motifs is 1. The van der Waals surface area contributed by atoms with Crippen molar-refractivity contribution in [3.8, 4) is 0 Å². The number of carboxylic acid groups (broad SMARTS) is 1. The molecule has 1 fully saturated rings. The van der Waals surface area contributed by atoms with Crippen LogP contribution in [0.1, 0.15) is 12.6 Å². The van der Waals surface area contributed by atoms with Crippen LogP contribution in [0.15, 0.2) is 22.4 Å². The van der Waals surface area contributed by atoms with Gasteiger partial charge in [0.25, 0.3) is 5.91 Å². The summed E-state index contributed by atoms with van der Waals surface area (Å²) in [6.07, 6.45) is 1.57. The van der Waals surface area contributed by atoms with E-state index in [9.17, 15) is 14.7 Å². The Morgan fingerprint density at radius 2 is 2.35 bits per heavy atom. The van der Waals surface area contributed by atoms with Gasteiger partial charge in [-0.05, 0) is 12.5 Å². The maximum Gasteiger partial charge on any atom is 0.353 e. The highest BCUT2D eigenvalue weighted by Gasteiger charge is 2.53. The highest BCUT2D eigenvalue weighted by Crippen LogP contribution is 2.50. The number of allylic oxidation sites excluding steroid dienone is 1. The molecule has 1 atom stereocenters. The number of aliphatic carboxylic acids is 1. The lowest BCUT2D eigenvalue weighted by Gasteiger charge is -2.38. The number of thioether (sulfide) groups is 1. The van der Waals surface area contributed by atoms with Gasteiger partial charge < -0.3 is 10.2 Å². The number of hydrogen-bond acceptors (Lipinski definition) is 6. The SMILES string of the molecule is C/C(=C1\C(=O)N2C(C(=O)O)=C(CO)S[C@H]12)c1c[nH]nn1. The minimum Gasteiger partial charge on any atom is -0.477 e. The Balaban J connectivity index is 1.99. The van der Waals surface area contributed by atoms with Crippen LogP contribution in [0.25, 0.3) is 5.57 Å². The van der Waals surface area contributed by atoms with Gasteiger partial charge in [0.15, 0.2) is 0 Å². The van der Waals surface area contributed by atoms with E-state index in [1.54, 1.807) is 13.1 Å². The molecule has 0 radical (unpaired) electrons. The Morgan fingerprint density at radius 1 is 1.60 bits per heavy atom. The number of carbonyl (C=O) groups excluding carboxylic acids is 1. The molecule has 3 heterocycles. The molecular weight excluding hydrogens is 284 g/mol. The van der Waals surface area contributed by atoms with E-state index in [4.69, 9.17) is 5.11 Å². The van der Waals surface area contributed by atoms with Gasteiger partial charge in [0.2, 0.25) is 0 Å². The molecule has 104 valence electrons. The van der Waals surface area contributed by atoms with Crippen LogP contribution in [-0.4, -0.2) is 54.4 Å². The van der Waals surface area contributed by atoms with Crippen LogP contribution in [0.5, 0.6) is 0 Å². The first-order valence-corrected chi connectivity index (χ1v) is 6.59. The van der Waals surface area contributed by atoms with Gasteiger partial charge in [-0.25, -0.2) is 4.79 Å². The van der Waals surface area contributed by atoms with Crippen molar-refractivity contribution in [2.24, 2.45) is 0 Å². The molecule has 3 rings (SSSR count). The van der Waals surface area contributed by atoms with Crippen molar-refractivity contribution in [2.75, 3.05) is 6.61 Å². The van der Waals surface area contributed by atoms with Crippen molar-refractivity contribution >= 4 is 29.2 Å². The number of carbonyl (C=O) groups is 2. The zero-order valence-electron chi connectivity index (χ0n) is 10.3. The fourth-order valence-electron chi connectivity index (χ4n) is 2.26. The fraction of sp³-hybridized carbons (Fsp3) is 0.273. The molecule has 1 saturated heterocycles. The lowest BCUT2D eigenvalue weighted by atomic mass is 9.97. The molecule has 0 bridgehead atoms. The number of aromatic nitrogens is 3. The van der Waals surface area contributed by atoms with Crippen LogP contribution in [0, 0.1) is 0 Å². The number of aromatic amines is 1. The second-order valence-corrected chi connectivity index (χ2v) is 5.45. The quantitative estimate of drug-likeness (QED) is 0.521. The van der Waals surface area contributed by atoms with Gasteiger partial charge in [-0.1, -0.05) is 17.0 Å². The van der Waals surface area contributed by atoms with Crippen molar-refractivity contribution < 1.29 is 19.8 Å². The summed E-state index contributed by atoms with van der Waals surface area (Å²) in [5.74, 6) is -1.58. The minimum atomic E-state index is -1.21. The van der Waals surface area contributed by atoms with Crippen molar-refractivity contribution in [1.82, 2.24) is 20.3 Å². The van der Waals surface area contributed by atoms with Crippen molar-refractivity contribution in [2.45, 2.75) is 12.3 Å². The Morgan fingerprint density at radius 3 is 2.90 bits per heavy atom. The third-order valence-electron chi connectivity index (χ3n) is 3.24. The number of nitrogens with zero attached hydrogens (tertiary/aromatic N) is 3. The average Bonchev–Trinajstić information content (AvgIpc) is 3.03. The molecule has 1 amide bonds. The first-order valence-electron chi connectivity index (χ1n) is 5.71. The van der Waals surface area contributed by atoms with Gasteiger partial charge in [0.05, 0.1) is 12.2 Å². The van der Waals surface area contributed by atoms with Crippen molar-refractivity contribution in [3.63, 3.8) is 0 Å². The topological polar surface area (TPSA) is 119 Å². The predicted octanol–water partition coefficient (Wildman–Crippen LogP) is -0.218. The number of aliphatic hydroxyl groups excluding tert-OH is 1. The van der Waals surface area contributed by atoms with Gasteiger partial charge in [-0.2, -0.15) is 0 Å². The highest BCUT2D eigenvalue weighted by atomic mass is 32.2. The fourth-order valence-corrected chi connectivity index (χ4v) is 3.61. The van der Waals surface area contributed by atoms with E-state index in [1.165, 1.54) is 16.7 Å². The first-order chi connectivity index (χ1) is 9.56. The molecule has 0 unspecified atom stereocenters. The van der Waals surface area contributed by atoms with Crippen LogP contribution in [-0.2, 0) is 9.59 Å². The van der Waals surface area contributed by atoms with E-state index in [0.717, 1.165) is 0 Å². The van der Waals surface area contributed by atoms with Gasteiger partial charge >= 0.3 is 5.97 Å². The number of hydrogen-bond donors (Lipinski definition) is 3. The van der Waals surface area contributed by atoms with Crippen LogP contribution in [0.2, 0.25) is 0 Å². The number of rotatable bonds is 3. The molecule has 2 aliphatic rings. The smallest absolute Gasteiger partial charge is 0.353 e. The molecule has 20 heavy (non-hydrogen) atoms. The van der Waals surface area contributed by atoms with E-state index in [1.807, 2.05) is 0 Å². The second-order valence-electron chi connectivity index (χ2n) is 4.28. The van der Waals surface area contributed by atoms with E-state index in [0.29, 0.717) is 21.7 Å². The Bertz CT molecular complexity index is 664. The maximum absolute atomic E-state index is 12.2. The number of carboxylic acids is 1. The molecule has 0 aliphatic carbocycles. The molecule has 1 aromatic rings. The largest absolute Gasteiger partial charge is 0.477 e. The molecule has 8 nitrogen and oxygen atoms in total. The predicted molar refractivity (Wildman–Crippen MR) is 68.9 cm³/mol. The van der Waals surface area contributed by atoms with Gasteiger partial charge in [0.1, 0.15) is 16.8 Å². The summed E-state index contributed by atoms with van der Waals surface area (Å²) in [5.41, 5.74) is 1.56. The summed E-state index contributed by atoms with van der Waals surface area (Å²) >= 11 is 1.17. The second kappa shape index (κ2) is 4.46. The standard InChI is InChI=1S/C11H10N4O4S/c1-4(5-2-12-14-13-5)7-9(17)15-8(11(18)19)6(3-16)20-10(7)15/h2,10,16H,3H2,1H3,(H,18,19)(H,12,13,14)/b7-4-/t10-/m1/s1. The average molecular weight is 294 g/mol. The molecule has 0 aromatic carbocycles. The third kappa shape index (κ3) is 1.60. The number of H-pyrrole nitrogens is 1. The summed E-state index contributed by atoms with van der Waals surface area (Å²) in [4.78, 5) is 24.8. The number of nitrogens with one attached hydrogen (secondary N) is 1. The molecule has 3 N–H and O–H groups in total. The normalized spacial score (nSPS) is 23.8. The molecule has 0 saturated carbocycles. The highest BCUT2D eigenvalue weighted by molar-refractivity contribution is 8.04. The monoisotopic (exact) mass is 294 g/mol. The van der Waals surface area contributed by atoms with Crippen LogP contribution < -0.4 is 0 Å². The van der Waals surface area contributed by atoms with E-state index in [2.05, 4.69) is 15.4 Å². The van der Waals surface area contributed by atoms with Gasteiger partial charge in [-0.15, -0.1) is 5.10 Å². The van der Waals surface area contributed by atoms with Gasteiger partial charge in [0, 0.05) is 11.1 Å². The summed E-state index contributed by atoms with van der Waals surface area (Å²) in [6.45, 7) is 1.34. The number of aliphatic hydroxyl groups is 1. The van der Waals surface area contributed by atoms with Crippen molar-refractivity contribution in [3.05, 3.63) is 28.1 Å². The van der Waals surface area contributed by atoms with E-state index < -0.39 is 18.0 Å². The number of β-lactam (4-membered cyclic amide) rings is 1. The molecule has 0 spiro atoms. The third-order valence-corrected chi connectivity index (χ3v) is 4.52. The Kier molecular flexibility index (Phi) is 2.87. The summed E-state index contributed by atoms with van der Waals surface area (Å²) in [7, 11) is 0. The maximum atomic E-state index is 12.2. The minimum absolute atomic E-state index is 0.135. The summed E-state index contributed by atoms with van der Waals surface area (Å²) < 4.78 is 0.